The lowest BCUT2D eigenvalue weighted by Crippen LogP contribution is -2.09. The Morgan fingerprint density at radius 2 is 2.43 bits per heavy atom. The summed E-state index contributed by atoms with van der Waals surface area (Å²) >= 11 is 0. The molecule has 0 saturated heterocycles. The zero-order valence-corrected chi connectivity index (χ0v) is 8.63. The molecule has 0 spiro atoms. The summed E-state index contributed by atoms with van der Waals surface area (Å²) in [7, 11) is 3.57. The topological polar surface area (TPSA) is 79.1 Å². The number of rotatable bonds is 3. The zero-order chi connectivity index (χ0) is 10.6. The number of aromatic nitrogens is 2. The fourth-order valence-corrected chi connectivity index (χ4v) is 1.22. The van der Waals surface area contributed by atoms with Crippen LogP contribution in [-0.4, -0.2) is 30.5 Å². The van der Waals surface area contributed by atoms with E-state index in [0.29, 0.717) is 5.82 Å². The zero-order valence-electron chi connectivity index (χ0n) is 8.63. The molecule has 0 unspecified atom stereocenters. The molecule has 4 N–H and O–H groups in total. The quantitative estimate of drug-likeness (QED) is 0.616. The third-order valence-corrected chi connectivity index (χ3v) is 2.00. The monoisotopic (exact) mass is 193 g/mol. The van der Waals surface area contributed by atoms with Crippen molar-refractivity contribution in [2.45, 2.75) is 6.92 Å². The van der Waals surface area contributed by atoms with Gasteiger partial charge in [0.2, 0.25) is 0 Å². The van der Waals surface area contributed by atoms with Crippen LogP contribution in [0.25, 0.3) is 5.57 Å². The van der Waals surface area contributed by atoms with Crippen molar-refractivity contribution in [1.82, 2.24) is 15.5 Å². The van der Waals surface area contributed by atoms with Crippen LogP contribution in [0.3, 0.4) is 0 Å². The largest absolute Gasteiger partial charge is 0.387 e. The van der Waals surface area contributed by atoms with Gasteiger partial charge in [-0.2, -0.15) is 5.10 Å². The van der Waals surface area contributed by atoms with Gasteiger partial charge in [-0.25, -0.2) is 0 Å². The van der Waals surface area contributed by atoms with Crippen LogP contribution in [0.2, 0.25) is 0 Å². The minimum Gasteiger partial charge on any atom is -0.387 e. The summed E-state index contributed by atoms with van der Waals surface area (Å²) in [5.74, 6) is 0.569. The molecular formula is C9H15N5. The molecule has 1 rings (SSSR count). The number of hydrogen-bond acceptors (Lipinski definition) is 4. The molecule has 0 aromatic carbocycles. The maximum atomic E-state index is 5.71. The van der Waals surface area contributed by atoms with E-state index >= 15 is 0 Å². The molecule has 1 aromatic heterocycles. The van der Waals surface area contributed by atoms with E-state index < -0.39 is 0 Å². The lowest BCUT2D eigenvalue weighted by atomic mass is 10.1. The number of nitrogen functional groups attached to an aromatic ring is 1. The number of nitrogens with two attached hydrogens (primary N) is 1. The molecule has 1 aromatic rings. The molecule has 0 radical (unpaired) electrons. The molecule has 0 aliphatic rings. The van der Waals surface area contributed by atoms with Gasteiger partial charge in [-0.1, -0.05) is 0 Å². The first-order valence-corrected chi connectivity index (χ1v) is 4.30. The average molecular weight is 193 g/mol. The predicted octanol–water partition coefficient (Wildman–Crippen LogP) is 0.643. The van der Waals surface area contributed by atoms with Crippen molar-refractivity contribution in [3.8, 4) is 0 Å². The highest BCUT2D eigenvalue weighted by molar-refractivity contribution is 5.91. The Morgan fingerprint density at radius 1 is 1.71 bits per heavy atom. The molecule has 76 valence electrons. The second-order valence-corrected chi connectivity index (χ2v) is 2.87. The van der Waals surface area contributed by atoms with E-state index in [1.807, 2.05) is 14.0 Å². The molecule has 5 nitrogen and oxygen atoms in total. The first-order chi connectivity index (χ1) is 6.70. The van der Waals surface area contributed by atoms with E-state index in [4.69, 9.17) is 5.73 Å². The standard InChI is InChI=1S/C9H15N5/c1-6(8(12-3)5-11-2)7-4-13-14-9(7)10/h4-5,12H,1-3H3,(H3,10,13,14)/b8-6-,11-5?. The third-order valence-electron chi connectivity index (χ3n) is 2.00. The van der Waals surface area contributed by atoms with Gasteiger partial charge in [0.05, 0.1) is 11.9 Å². The SMILES string of the molecule is CN=C/C(NC)=C(\C)c1cn[nH]c1N. The fraction of sp³-hybridized carbons (Fsp3) is 0.333. The molecule has 0 aliphatic heterocycles. The van der Waals surface area contributed by atoms with Crippen LogP contribution >= 0.6 is 0 Å². The number of nitrogens with zero attached hydrogens (tertiary/aromatic N) is 2. The smallest absolute Gasteiger partial charge is 0.126 e. The minimum atomic E-state index is 0.569. The van der Waals surface area contributed by atoms with Gasteiger partial charge in [0, 0.05) is 25.9 Å². The van der Waals surface area contributed by atoms with Gasteiger partial charge < -0.3 is 11.1 Å². The second kappa shape index (κ2) is 4.45. The van der Waals surface area contributed by atoms with Gasteiger partial charge in [-0.3, -0.25) is 10.1 Å². The first kappa shape index (κ1) is 10.3. The summed E-state index contributed by atoms with van der Waals surface area (Å²) in [4.78, 5) is 3.95. The Labute approximate surface area is 83.1 Å². The van der Waals surface area contributed by atoms with Gasteiger partial charge in [0.1, 0.15) is 5.82 Å². The Morgan fingerprint density at radius 3 is 2.86 bits per heavy atom. The first-order valence-electron chi connectivity index (χ1n) is 4.30. The van der Waals surface area contributed by atoms with Gasteiger partial charge in [0.15, 0.2) is 0 Å². The number of aromatic amines is 1. The maximum absolute atomic E-state index is 5.71. The average Bonchev–Trinajstić information content (AvgIpc) is 2.59. The molecule has 14 heavy (non-hydrogen) atoms. The second-order valence-electron chi connectivity index (χ2n) is 2.87. The van der Waals surface area contributed by atoms with Crippen LogP contribution in [0.15, 0.2) is 16.9 Å². The highest BCUT2D eigenvalue weighted by Crippen LogP contribution is 2.19. The van der Waals surface area contributed by atoms with Crippen molar-refractivity contribution in [2.24, 2.45) is 4.99 Å². The van der Waals surface area contributed by atoms with Gasteiger partial charge >= 0.3 is 0 Å². The van der Waals surface area contributed by atoms with E-state index in [1.165, 1.54) is 0 Å². The predicted molar refractivity (Wildman–Crippen MR) is 59.1 cm³/mol. The Balaban J connectivity index is 3.13. The number of anilines is 1. The maximum Gasteiger partial charge on any atom is 0.126 e. The number of aliphatic imine (C=N–C) groups is 1. The van der Waals surface area contributed by atoms with Crippen molar-refractivity contribution >= 4 is 17.6 Å². The lowest BCUT2D eigenvalue weighted by Gasteiger charge is -2.05. The molecule has 5 heteroatoms. The molecule has 0 bridgehead atoms. The van der Waals surface area contributed by atoms with Crippen molar-refractivity contribution < 1.29 is 0 Å². The van der Waals surface area contributed by atoms with Crippen molar-refractivity contribution in [2.75, 3.05) is 19.8 Å². The summed E-state index contributed by atoms with van der Waals surface area (Å²) in [6.45, 7) is 1.97. The summed E-state index contributed by atoms with van der Waals surface area (Å²) in [5.41, 5.74) is 8.55. The molecule has 0 amide bonds. The van der Waals surface area contributed by atoms with Crippen LogP contribution in [0, 0.1) is 0 Å². The van der Waals surface area contributed by atoms with Crippen LogP contribution < -0.4 is 11.1 Å². The highest BCUT2D eigenvalue weighted by Gasteiger charge is 2.06. The van der Waals surface area contributed by atoms with E-state index in [1.54, 1.807) is 19.5 Å². The van der Waals surface area contributed by atoms with Crippen LogP contribution in [-0.2, 0) is 0 Å². The number of nitrogens with one attached hydrogen (secondary N) is 2. The van der Waals surface area contributed by atoms with Crippen molar-refractivity contribution in [1.29, 1.82) is 0 Å². The van der Waals surface area contributed by atoms with Crippen molar-refractivity contribution in [3.05, 3.63) is 17.5 Å². The van der Waals surface area contributed by atoms with E-state index in [2.05, 4.69) is 20.5 Å². The Kier molecular flexibility index (Phi) is 3.28. The van der Waals surface area contributed by atoms with Gasteiger partial charge in [-0.05, 0) is 12.5 Å². The van der Waals surface area contributed by atoms with E-state index in [-0.39, 0.29) is 0 Å². The minimum absolute atomic E-state index is 0.569. The lowest BCUT2D eigenvalue weighted by molar-refractivity contribution is 1.06. The fourth-order valence-electron chi connectivity index (χ4n) is 1.22. The summed E-state index contributed by atoms with van der Waals surface area (Å²) in [6.07, 6.45) is 3.45. The summed E-state index contributed by atoms with van der Waals surface area (Å²) < 4.78 is 0. The molecule has 1 heterocycles. The summed E-state index contributed by atoms with van der Waals surface area (Å²) in [5, 5.41) is 9.61. The van der Waals surface area contributed by atoms with E-state index in [0.717, 1.165) is 16.8 Å². The van der Waals surface area contributed by atoms with Gasteiger partial charge in [0.25, 0.3) is 0 Å². The van der Waals surface area contributed by atoms with Crippen molar-refractivity contribution in [3.63, 3.8) is 0 Å². The Bertz CT molecular complexity index is 361. The number of H-pyrrole nitrogens is 1. The number of hydrogen-bond donors (Lipinski definition) is 3. The van der Waals surface area contributed by atoms with Crippen LogP contribution in [0.5, 0.6) is 0 Å². The molecule has 0 saturated carbocycles. The molecular weight excluding hydrogens is 178 g/mol. The number of allylic oxidation sites excluding steroid dienone is 2. The normalized spacial score (nSPS) is 13.1. The van der Waals surface area contributed by atoms with Crippen LogP contribution in [0.1, 0.15) is 12.5 Å². The Hall–Kier alpha value is -1.78. The van der Waals surface area contributed by atoms with E-state index in [9.17, 15) is 0 Å². The highest BCUT2D eigenvalue weighted by atomic mass is 15.1. The third kappa shape index (κ3) is 1.93. The molecule has 0 atom stereocenters. The summed E-state index contributed by atoms with van der Waals surface area (Å²) in [6, 6.07) is 0. The van der Waals surface area contributed by atoms with Gasteiger partial charge in [-0.15, -0.1) is 0 Å². The molecule has 0 aliphatic carbocycles. The molecule has 0 fully saturated rings. The van der Waals surface area contributed by atoms with Crippen LogP contribution in [0.4, 0.5) is 5.82 Å².